The molecule has 7 nitrogen and oxygen atoms in total. The van der Waals surface area contributed by atoms with Crippen LogP contribution in [-0.2, 0) is 17.8 Å². The van der Waals surface area contributed by atoms with E-state index >= 15 is 0 Å². The molecular formula is C17H17N5O2. The van der Waals surface area contributed by atoms with Crippen LogP contribution in [0.5, 0.6) is 0 Å². The van der Waals surface area contributed by atoms with Crippen molar-refractivity contribution in [1.29, 1.82) is 0 Å². The van der Waals surface area contributed by atoms with Crippen LogP contribution in [-0.4, -0.2) is 25.5 Å². The van der Waals surface area contributed by atoms with Crippen molar-refractivity contribution < 1.29 is 4.79 Å². The third-order valence-electron chi connectivity index (χ3n) is 3.56. The van der Waals surface area contributed by atoms with Crippen LogP contribution < -0.4 is 10.9 Å². The molecule has 2 heterocycles. The minimum absolute atomic E-state index is 0.161. The second kappa shape index (κ2) is 6.91. The summed E-state index contributed by atoms with van der Waals surface area (Å²) >= 11 is 0. The standard InChI is InChI=1S/C17H17N5O2/c1-2-13-6-3-4-7-14(13)19-16(23)12-22-17(24)9-8-15(20-22)21-11-5-10-18-21/h3-11H,2,12H2,1H3,(H,19,23). The van der Waals surface area contributed by atoms with E-state index in [-0.39, 0.29) is 18.0 Å². The highest BCUT2D eigenvalue weighted by atomic mass is 16.2. The van der Waals surface area contributed by atoms with Crippen molar-refractivity contribution in [3.63, 3.8) is 0 Å². The highest BCUT2D eigenvalue weighted by Crippen LogP contribution is 2.15. The summed E-state index contributed by atoms with van der Waals surface area (Å²) in [5.41, 5.74) is 1.45. The average molecular weight is 323 g/mol. The molecule has 0 saturated heterocycles. The molecule has 0 aliphatic carbocycles. The van der Waals surface area contributed by atoms with E-state index in [4.69, 9.17) is 0 Å². The largest absolute Gasteiger partial charge is 0.324 e. The molecule has 0 fully saturated rings. The van der Waals surface area contributed by atoms with Crippen LogP contribution in [0.2, 0.25) is 0 Å². The summed E-state index contributed by atoms with van der Waals surface area (Å²) in [7, 11) is 0. The lowest BCUT2D eigenvalue weighted by Crippen LogP contribution is -2.30. The van der Waals surface area contributed by atoms with Gasteiger partial charge in [-0.05, 0) is 30.2 Å². The Morgan fingerprint density at radius 2 is 2.00 bits per heavy atom. The fraction of sp³-hybridized carbons (Fsp3) is 0.176. The number of aromatic nitrogens is 4. The molecule has 3 aromatic rings. The lowest BCUT2D eigenvalue weighted by atomic mass is 10.1. The minimum Gasteiger partial charge on any atom is -0.324 e. The normalized spacial score (nSPS) is 10.5. The van der Waals surface area contributed by atoms with Crippen LogP contribution in [0.15, 0.2) is 59.7 Å². The molecule has 7 heteroatoms. The Morgan fingerprint density at radius 1 is 1.17 bits per heavy atom. The van der Waals surface area contributed by atoms with Crippen LogP contribution in [0.25, 0.3) is 5.82 Å². The van der Waals surface area contributed by atoms with E-state index in [9.17, 15) is 9.59 Å². The fourth-order valence-electron chi connectivity index (χ4n) is 2.35. The lowest BCUT2D eigenvalue weighted by Gasteiger charge is -2.10. The number of amides is 1. The zero-order chi connectivity index (χ0) is 16.9. The first-order valence-corrected chi connectivity index (χ1v) is 7.63. The van der Waals surface area contributed by atoms with Gasteiger partial charge in [0.1, 0.15) is 6.54 Å². The van der Waals surface area contributed by atoms with Gasteiger partial charge in [-0.15, -0.1) is 5.10 Å². The Balaban J connectivity index is 1.79. The molecule has 0 spiro atoms. The van der Waals surface area contributed by atoms with Gasteiger partial charge in [0.15, 0.2) is 5.82 Å². The third-order valence-corrected chi connectivity index (χ3v) is 3.56. The first-order chi connectivity index (χ1) is 11.7. The zero-order valence-electron chi connectivity index (χ0n) is 13.2. The van der Waals surface area contributed by atoms with Crippen molar-refractivity contribution >= 4 is 11.6 Å². The van der Waals surface area contributed by atoms with Gasteiger partial charge in [-0.25, -0.2) is 9.36 Å². The Kier molecular flexibility index (Phi) is 4.51. The van der Waals surface area contributed by atoms with Gasteiger partial charge in [0, 0.05) is 24.1 Å². The summed E-state index contributed by atoms with van der Waals surface area (Å²) in [6.07, 6.45) is 4.14. The van der Waals surface area contributed by atoms with Crippen molar-refractivity contribution in [2.45, 2.75) is 19.9 Å². The van der Waals surface area contributed by atoms with Crippen molar-refractivity contribution in [1.82, 2.24) is 19.6 Å². The maximum atomic E-state index is 12.3. The van der Waals surface area contributed by atoms with Gasteiger partial charge in [0.25, 0.3) is 5.56 Å². The topological polar surface area (TPSA) is 81.8 Å². The van der Waals surface area contributed by atoms with Crippen molar-refractivity contribution in [3.8, 4) is 5.82 Å². The van der Waals surface area contributed by atoms with Crippen molar-refractivity contribution in [3.05, 3.63) is 70.8 Å². The lowest BCUT2D eigenvalue weighted by molar-refractivity contribution is -0.117. The van der Waals surface area contributed by atoms with E-state index in [1.807, 2.05) is 31.2 Å². The monoisotopic (exact) mass is 323 g/mol. The Labute approximate surface area is 138 Å². The summed E-state index contributed by atoms with van der Waals surface area (Å²) in [5, 5.41) is 11.1. The molecule has 0 atom stereocenters. The SMILES string of the molecule is CCc1ccccc1NC(=O)Cn1nc(-n2cccn2)ccc1=O. The number of rotatable bonds is 5. The van der Waals surface area contributed by atoms with E-state index in [0.29, 0.717) is 5.82 Å². The number of carbonyl (C=O) groups excluding carboxylic acids is 1. The van der Waals surface area contributed by atoms with Crippen LogP contribution in [0, 0.1) is 0 Å². The molecule has 0 unspecified atom stereocenters. The predicted octanol–water partition coefficient (Wildman–Crippen LogP) is 1.63. The average Bonchev–Trinajstić information content (AvgIpc) is 3.12. The number of para-hydroxylation sites is 1. The van der Waals surface area contributed by atoms with Crippen LogP contribution in [0.4, 0.5) is 5.69 Å². The van der Waals surface area contributed by atoms with E-state index in [0.717, 1.165) is 22.4 Å². The number of anilines is 1. The molecule has 122 valence electrons. The molecule has 1 N–H and O–H groups in total. The molecule has 0 aliphatic heterocycles. The van der Waals surface area contributed by atoms with E-state index in [2.05, 4.69) is 15.5 Å². The van der Waals surface area contributed by atoms with E-state index in [1.54, 1.807) is 24.5 Å². The first-order valence-electron chi connectivity index (χ1n) is 7.63. The quantitative estimate of drug-likeness (QED) is 0.774. The molecule has 1 amide bonds. The number of benzene rings is 1. The molecule has 0 aliphatic rings. The highest BCUT2D eigenvalue weighted by molar-refractivity contribution is 5.91. The van der Waals surface area contributed by atoms with E-state index in [1.165, 1.54) is 10.7 Å². The molecule has 0 radical (unpaired) electrons. The summed E-state index contributed by atoms with van der Waals surface area (Å²) in [4.78, 5) is 24.2. The van der Waals surface area contributed by atoms with Gasteiger partial charge in [-0.1, -0.05) is 25.1 Å². The Morgan fingerprint density at radius 3 is 2.75 bits per heavy atom. The second-order valence-corrected chi connectivity index (χ2v) is 5.20. The number of hydrogen-bond donors (Lipinski definition) is 1. The van der Waals surface area contributed by atoms with Gasteiger partial charge in [0.2, 0.25) is 5.91 Å². The molecule has 1 aromatic carbocycles. The Bertz CT molecular complexity index is 899. The van der Waals surface area contributed by atoms with Gasteiger partial charge >= 0.3 is 0 Å². The van der Waals surface area contributed by atoms with Crippen LogP contribution in [0.1, 0.15) is 12.5 Å². The van der Waals surface area contributed by atoms with Gasteiger partial charge < -0.3 is 5.32 Å². The highest BCUT2D eigenvalue weighted by Gasteiger charge is 2.09. The van der Waals surface area contributed by atoms with Crippen molar-refractivity contribution in [2.75, 3.05) is 5.32 Å². The molecule has 0 saturated carbocycles. The van der Waals surface area contributed by atoms with E-state index < -0.39 is 0 Å². The zero-order valence-corrected chi connectivity index (χ0v) is 13.2. The third kappa shape index (κ3) is 3.40. The molecule has 3 rings (SSSR count). The second-order valence-electron chi connectivity index (χ2n) is 5.20. The number of carbonyl (C=O) groups is 1. The maximum absolute atomic E-state index is 12.3. The predicted molar refractivity (Wildman–Crippen MR) is 90.1 cm³/mol. The summed E-state index contributed by atoms with van der Waals surface area (Å²) in [6, 6.07) is 12.3. The molecular weight excluding hydrogens is 306 g/mol. The fourth-order valence-corrected chi connectivity index (χ4v) is 2.35. The van der Waals surface area contributed by atoms with Crippen molar-refractivity contribution in [2.24, 2.45) is 0 Å². The Hall–Kier alpha value is -3.22. The van der Waals surface area contributed by atoms with Crippen LogP contribution >= 0.6 is 0 Å². The van der Waals surface area contributed by atoms with Crippen LogP contribution in [0.3, 0.4) is 0 Å². The van der Waals surface area contributed by atoms with Gasteiger partial charge in [0.05, 0.1) is 0 Å². The number of aryl methyl sites for hydroxylation is 1. The number of hydrogen-bond acceptors (Lipinski definition) is 4. The number of nitrogens with one attached hydrogen (secondary N) is 1. The molecule has 24 heavy (non-hydrogen) atoms. The molecule has 2 aromatic heterocycles. The summed E-state index contributed by atoms with van der Waals surface area (Å²) < 4.78 is 2.65. The van der Waals surface area contributed by atoms with Gasteiger partial charge in [-0.3, -0.25) is 9.59 Å². The summed E-state index contributed by atoms with van der Waals surface area (Å²) in [5.74, 6) is 0.171. The summed E-state index contributed by atoms with van der Waals surface area (Å²) in [6.45, 7) is 1.86. The maximum Gasteiger partial charge on any atom is 0.267 e. The molecule has 0 bridgehead atoms. The van der Waals surface area contributed by atoms with Gasteiger partial charge in [-0.2, -0.15) is 5.10 Å². The first kappa shape index (κ1) is 15.7. The minimum atomic E-state index is -0.343. The number of nitrogens with zero attached hydrogens (tertiary/aromatic N) is 4. The smallest absolute Gasteiger partial charge is 0.267 e.